The second-order valence-corrected chi connectivity index (χ2v) is 8.09. The highest BCUT2D eigenvalue weighted by molar-refractivity contribution is 9.10. The van der Waals surface area contributed by atoms with Gasteiger partial charge in [-0.05, 0) is 60.0 Å². The smallest absolute Gasteiger partial charge is 0.308 e. The summed E-state index contributed by atoms with van der Waals surface area (Å²) in [6.45, 7) is 1.72. The minimum atomic E-state index is -0.446. The second-order valence-electron chi connectivity index (χ2n) is 7.18. The molecule has 0 saturated carbocycles. The molecule has 6 nitrogen and oxygen atoms in total. The molecular formula is C25H23BrN2O4. The number of rotatable bonds is 8. The van der Waals surface area contributed by atoms with Crippen molar-refractivity contribution in [2.45, 2.75) is 26.3 Å². The third-order valence-electron chi connectivity index (χ3n) is 4.59. The van der Waals surface area contributed by atoms with Crippen molar-refractivity contribution >= 4 is 39.4 Å². The van der Waals surface area contributed by atoms with Crippen molar-refractivity contribution in [3.05, 3.63) is 94.0 Å². The molecule has 0 aliphatic carbocycles. The van der Waals surface area contributed by atoms with Crippen molar-refractivity contribution in [3.63, 3.8) is 0 Å². The van der Waals surface area contributed by atoms with E-state index in [2.05, 4.69) is 26.6 Å². The molecule has 164 valence electrons. The lowest BCUT2D eigenvalue weighted by Crippen LogP contribution is -2.23. The van der Waals surface area contributed by atoms with Crippen LogP contribution in [0.15, 0.2) is 77.3 Å². The van der Waals surface area contributed by atoms with E-state index in [9.17, 15) is 14.4 Å². The number of amides is 2. The van der Waals surface area contributed by atoms with E-state index in [1.807, 2.05) is 36.4 Å². The number of benzene rings is 3. The third kappa shape index (κ3) is 7.35. The maximum atomic E-state index is 12.5. The van der Waals surface area contributed by atoms with Crippen LogP contribution in [0.2, 0.25) is 0 Å². The van der Waals surface area contributed by atoms with Gasteiger partial charge in [-0.3, -0.25) is 14.4 Å². The van der Waals surface area contributed by atoms with Gasteiger partial charge >= 0.3 is 5.97 Å². The van der Waals surface area contributed by atoms with E-state index in [0.29, 0.717) is 36.4 Å². The van der Waals surface area contributed by atoms with Gasteiger partial charge in [0, 0.05) is 35.6 Å². The van der Waals surface area contributed by atoms with Gasteiger partial charge in [-0.1, -0.05) is 46.3 Å². The van der Waals surface area contributed by atoms with E-state index in [4.69, 9.17) is 4.74 Å². The van der Waals surface area contributed by atoms with Crippen molar-refractivity contribution in [1.82, 2.24) is 5.32 Å². The fourth-order valence-corrected chi connectivity index (χ4v) is 3.46. The molecule has 32 heavy (non-hydrogen) atoms. The Kier molecular flexibility index (Phi) is 8.16. The largest absolute Gasteiger partial charge is 0.427 e. The van der Waals surface area contributed by atoms with Gasteiger partial charge in [-0.2, -0.15) is 0 Å². The zero-order chi connectivity index (χ0) is 22.9. The Labute approximate surface area is 195 Å². The number of carbonyl (C=O) groups is 3. The van der Waals surface area contributed by atoms with Crippen molar-refractivity contribution in [3.8, 4) is 5.75 Å². The van der Waals surface area contributed by atoms with E-state index in [1.165, 1.54) is 13.0 Å². The predicted octanol–water partition coefficient (Wildman–Crippen LogP) is 4.88. The van der Waals surface area contributed by atoms with E-state index in [1.54, 1.807) is 30.3 Å². The average molecular weight is 495 g/mol. The van der Waals surface area contributed by atoms with Crippen LogP contribution in [0.4, 0.5) is 5.69 Å². The molecule has 3 aromatic carbocycles. The molecule has 0 unspecified atom stereocenters. The van der Waals surface area contributed by atoms with Crippen molar-refractivity contribution < 1.29 is 19.1 Å². The van der Waals surface area contributed by atoms with Gasteiger partial charge in [0.2, 0.25) is 5.91 Å². The second kappa shape index (κ2) is 11.2. The third-order valence-corrected chi connectivity index (χ3v) is 5.08. The number of ether oxygens (including phenoxy) is 1. The predicted molar refractivity (Wildman–Crippen MR) is 126 cm³/mol. The molecule has 2 amide bonds. The zero-order valence-electron chi connectivity index (χ0n) is 17.6. The minimum Gasteiger partial charge on any atom is -0.427 e. The molecule has 3 rings (SSSR count). The molecule has 2 N–H and O–H groups in total. The molecule has 0 aromatic heterocycles. The molecule has 0 bridgehead atoms. The lowest BCUT2D eigenvalue weighted by molar-refractivity contribution is -0.131. The lowest BCUT2D eigenvalue weighted by atomic mass is 10.1. The summed E-state index contributed by atoms with van der Waals surface area (Å²) >= 11 is 3.43. The molecule has 0 saturated heterocycles. The van der Waals surface area contributed by atoms with E-state index in [0.717, 1.165) is 15.6 Å². The Hall–Kier alpha value is -3.45. The Balaban J connectivity index is 1.48. The molecule has 3 aromatic rings. The van der Waals surface area contributed by atoms with Crippen LogP contribution in [0.25, 0.3) is 0 Å². The Morgan fingerprint density at radius 3 is 2.38 bits per heavy atom. The molecule has 0 fully saturated rings. The van der Waals surface area contributed by atoms with Gasteiger partial charge in [0.15, 0.2) is 0 Å². The molecule has 0 radical (unpaired) electrons. The molecular weight excluding hydrogens is 472 g/mol. The van der Waals surface area contributed by atoms with Crippen LogP contribution in [-0.2, 0) is 22.6 Å². The van der Waals surface area contributed by atoms with E-state index >= 15 is 0 Å². The molecule has 0 heterocycles. The van der Waals surface area contributed by atoms with Crippen molar-refractivity contribution in [1.29, 1.82) is 0 Å². The van der Waals surface area contributed by atoms with Gasteiger partial charge < -0.3 is 15.4 Å². The number of hydrogen-bond donors (Lipinski definition) is 2. The molecule has 0 aliphatic heterocycles. The van der Waals surface area contributed by atoms with Crippen molar-refractivity contribution in [2.75, 3.05) is 5.32 Å². The fourth-order valence-electron chi connectivity index (χ4n) is 3.02. The number of hydrogen-bond acceptors (Lipinski definition) is 4. The molecule has 0 spiro atoms. The highest BCUT2D eigenvalue weighted by atomic mass is 79.9. The van der Waals surface area contributed by atoms with Crippen LogP contribution in [0.3, 0.4) is 0 Å². The summed E-state index contributed by atoms with van der Waals surface area (Å²) in [4.78, 5) is 35.7. The standard InChI is InChI=1S/C25H23BrN2O4/c1-17(29)32-23-7-3-5-20(15-23)25(31)28-22-11-8-19(9-12-22)16-27-24(30)13-10-18-4-2-6-21(26)14-18/h2-9,11-12,14-15H,10,13,16H2,1H3,(H,27,30)(H,28,31). The Morgan fingerprint density at radius 2 is 1.66 bits per heavy atom. The van der Waals surface area contributed by atoms with Crippen LogP contribution in [-0.4, -0.2) is 17.8 Å². The number of nitrogens with one attached hydrogen (secondary N) is 2. The number of anilines is 1. The first-order chi connectivity index (χ1) is 15.4. The Bertz CT molecular complexity index is 1110. The quantitative estimate of drug-likeness (QED) is 0.345. The van der Waals surface area contributed by atoms with Gasteiger partial charge in [0.25, 0.3) is 5.91 Å². The van der Waals surface area contributed by atoms with Crippen LogP contribution in [0.5, 0.6) is 5.75 Å². The normalized spacial score (nSPS) is 10.3. The molecule has 0 atom stereocenters. The summed E-state index contributed by atoms with van der Waals surface area (Å²) in [7, 11) is 0. The summed E-state index contributed by atoms with van der Waals surface area (Å²) in [5.41, 5.74) is 3.03. The highest BCUT2D eigenvalue weighted by Crippen LogP contribution is 2.17. The van der Waals surface area contributed by atoms with Crippen molar-refractivity contribution in [2.24, 2.45) is 0 Å². The summed E-state index contributed by atoms with van der Waals surface area (Å²) in [5.74, 6) is -0.461. The number of carbonyl (C=O) groups excluding carboxylic acids is 3. The van der Waals surface area contributed by atoms with Gasteiger partial charge in [0.1, 0.15) is 5.75 Å². The lowest BCUT2D eigenvalue weighted by Gasteiger charge is -2.09. The monoisotopic (exact) mass is 494 g/mol. The SMILES string of the molecule is CC(=O)Oc1cccc(C(=O)Nc2ccc(CNC(=O)CCc3cccc(Br)c3)cc2)c1. The fraction of sp³-hybridized carbons (Fsp3) is 0.160. The maximum Gasteiger partial charge on any atom is 0.308 e. The average Bonchev–Trinajstić information content (AvgIpc) is 2.77. The topological polar surface area (TPSA) is 84.5 Å². The van der Waals surface area contributed by atoms with Crippen LogP contribution >= 0.6 is 15.9 Å². The van der Waals surface area contributed by atoms with E-state index < -0.39 is 5.97 Å². The number of esters is 1. The summed E-state index contributed by atoms with van der Waals surface area (Å²) in [5, 5.41) is 5.72. The van der Waals surface area contributed by atoms with Crippen LogP contribution in [0.1, 0.15) is 34.8 Å². The minimum absolute atomic E-state index is 0.0185. The van der Waals surface area contributed by atoms with Gasteiger partial charge in [-0.25, -0.2) is 0 Å². The van der Waals surface area contributed by atoms with Crippen LogP contribution in [0, 0.1) is 0 Å². The van der Waals surface area contributed by atoms with Gasteiger partial charge in [-0.15, -0.1) is 0 Å². The Morgan fingerprint density at radius 1 is 0.906 bits per heavy atom. The van der Waals surface area contributed by atoms with E-state index in [-0.39, 0.29) is 11.8 Å². The maximum absolute atomic E-state index is 12.5. The highest BCUT2D eigenvalue weighted by Gasteiger charge is 2.09. The van der Waals surface area contributed by atoms with Crippen LogP contribution < -0.4 is 15.4 Å². The van der Waals surface area contributed by atoms with Gasteiger partial charge in [0.05, 0.1) is 0 Å². The summed E-state index contributed by atoms with van der Waals surface area (Å²) in [6.07, 6.45) is 1.09. The molecule has 0 aliphatic rings. The molecule has 7 heteroatoms. The first kappa shape index (κ1) is 23.2. The number of aryl methyl sites for hydroxylation is 1. The summed E-state index contributed by atoms with van der Waals surface area (Å²) < 4.78 is 6.01. The zero-order valence-corrected chi connectivity index (χ0v) is 19.1. The first-order valence-corrected chi connectivity index (χ1v) is 10.9. The first-order valence-electron chi connectivity index (χ1n) is 10.1. The number of halogens is 1. The summed E-state index contributed by atoms with van der Waals surface area (Å²) in [6, 6.07) is 21.6.